The van der Waals surface area contributed by atoms with Crippen LogP contribution in [0.2, 0.25) is 0 Å². The van der Waals surface area contributed by atoms with Gasteiger partial charge in [-0.1, -0.05) is 57.5 Å². The minimum atomic E-state index is -0.493. The van der Waals surface area contributed by atoms with Crippen molar-refractivity contribution in [3.63, 3.8) is 0 Å². The molecular formula is C41H52BBr2FN10O3PW. The van der Waals surface area contributed by atoms with Gasteiger partial charge in [0.2, 0.25) is 0 Å². The van der Waals surface area contributed by atoms with Crippen molar-refractivity contribution in [1.29, 1.82) is 0 Å². The van der Waals surface area contributed by atoms with E-state index in [1.54, 1.807) is 12.1 Å². The van der Waals surface area contributed by atoms with Crippen LogP contribution in [0.5, 0.6) is 5.75 Å². The zero-order chi connectivity index (χ0) is 41.0. The average molecular weight is 1140 g/mol. The van der Waals surface area contributed by atoms with Gasteiger partial charge >= 0.3 is 12.1 Å². The van der Waals surface area contributed by atoms with Gasteiger partial charge in [0.1, 0.15) is 5.75 Å². The fourth-order valence-electron chi connectivity index (χ4n) is 6.17. The monoisotopic (exact) mass is 1140 g/mol. The third-order valence-corrected chi connectivity index (χ3v) is 10.1. The number of ether oxygens (including phenoxy) is 1. The Bertz CT molecular complexity index is 1930. The van der Waals surface area contributed by atoms with Crippen LogP contribution in [0.15, 0.2) is 136 Å². The molecule has 0 aromatic heterocycles. The second-order valence-electron chi connectivity index (χ2n) is 12.4. The molecule has 2 fully saturated rings. The summed E-state index contributed by atoms with van der Waals surface area (Å²) in [6, 6.07) is 41.2. The molecule has 2 aliphatic rings. The average Bonchev–Trinajstić information content (AvgIpc) is 3.27. The number of urea groups is 1. The first-order chi connectivity index (χ1) is 27.8. The van der Waals surface area contributed by atoms with Crippen LogP contribution in [-0.2, 0) is 21.1 Å². The van der Waals surface area contributed by atoms with E-state index in [-0.39, 0.29) is 36.9 Å². The first-order valence-electron chi connectivity index (χ1n) is 17.9. The quantitative estimate of drug-likeness (QED) is 0.0309. The first-order valence-corrected chi connectivity index (χ1v) is 19.9. The van der Waals surface area contributed by atoms with Crippen molar-refractivity contribution in [2.75, 3.05) is 82.6 Å². The van der Waals surface area contributed by atoms with Crippen molar-refractivity contribution >= 4 is 96.1 Å². The largest absolute Gasteiger partial charge is 0.417 e. The van der Waals surface area contributed by atoms with E-state index in [1.165, 1.54) is 11.4 Å². The number of hydrogen-bond donors (Lipinski definition) is 6. The molecule has 19 heteroatoms. The molecule has 5 aromatic rings. The molecule has 1 unspecified atom stereocenters. The molecule has 5 aromatic carbocycles. The van der Waals surface area contributed by atoms with Crippen molar-refractivity contribution < 1.29 is 39.6 Å². The summed E-state index contributed by atoms with van der Waals surface area (Å²) in [5, 5.41) is 5.41. The zero-order valence-corrected chi connectivity index (χ0v) is 39.5. The van der Waals surface area contributed by atoms with Crippen LogP contribution in [-0.4, -0.2) is 72.9 Å². The predicted molar refractivity (Wildman–Crippen MR) is 254 cm³/mol. The number of carbonyl (C=O) groups excluding carboxylic acids is 2. The van der Waals surface area contributed by atoms with E-state index in [0.29, 0.717) is 11.4 Å². The third-order valence-electron chi connectivity index (χ3n) is 9.00. The van der Waals surface area contributed by atoms with Crippen LogP contribution < -0.4 is 57.9 Å². The van der Waals surface area contributed by atoms with Crippen molar-refractivity contribution in [1.82, 2.24) is 5.43 Å². The molecule has 3 amide bonds. The van der Waals surface area contributed by atoms with E-state index < -0.39 is 12.1 Å². The number of rotatable bonds is 7. The SMILES string of the molecule is C.FP.NN.NNC(=O)Nc1ccc(N2CCN(c3ccc(Br)cc3)CC2)cc1.O=C(Nc1ccc(N2CCN(c3ccc(Br)cc3)CC2)cc1)Oc1ccccc1.[B].[W]. The number of nitrogens with one attached hydrogen (secondary N) is 3. The summed E-state index contributed by atoms with van der Waals surface area (Å²) in [6.45, 7) is 7.76. The molecule has 7 rings (SSSR count). The summed E-state index contributed by atoms with van der Waals surface area (Å²) in [4.78, 5) is 32.7. The summed E-state index contributed by atoms with van der Waals surface area (Å²) in [5.41, 5.74) is 8.30. The van der Waals surface area contributed by atoms with E-state index in [0.717, 1.165) is 87.9 Å². The van der Waals surface area contributed by atoms with Crippen LogP contribution in [0.25, 0.3) is 0 Å². The standard InChI is InChI=1S/C23H22BrN3O2.C17H20BrN5O.CH4.B.FH2P.H4N2.W/c24-18-6-10-20(11-7-18)26-14-16-27(17-15-26)21-12-8-19(9-13-21)25-23(28)29-22-4-2-1-3-5-22;18-13-1-5-15(6-2-13)22-9-11-23(12-10-22)16-7-3-14(4-8-16)20-17(24)21-19;;;2*1-2;/h1-13H,14-17H2,(H,25,28);1-8H,9-12,19H2,(H2,20,21,24);1H4;;2H2;1-2H2;. The molecule has 3 radical (unpaired) electrons. The van der Waals surface area contributed by atoms with Gasteiger partial charge in [-0.15, -0.1) is 0 Å². The number of para-hydroxylation sites is 1. The number of halogens is 3. The van der Waals surface area contributed by atoms with Crippen LogP contribution in [0.3, 0.4) is 0 Å². The van der Waals surface area contributed by atoms with Crippen LogP contribution in [0, 0.1) is 0 Å². The van der Waals surface area contributed by atoms with E-state index in [1.807, 2.05) is 72.2 Å². The second kappa shape index (κ2) is 29.1. The van der Waals surface area contributed by atoms with Gasteiger partial charge in [0.15, 0.2) is 0 Å². The summed E-state index contributed by atoms with van der Waals surface area (Å²) in [6.07, 6.45) is -0.493. The molecule has 1 atom stereocenters. The van der Waals surface area contributed by atoms with Crippen molar-refractivity contribution in [2.24, 2.45) is 17.5 Å². The maximum Gasteiger partial charge on any atom is 0.417 e. The minimum absolute atomic E-state index is 0. The number of hydrazine groups is 2. The summed E-state index contributed by atoms with van der Waals surface area (Å²) >= 11 is 6.96. The van der Waals surface area contributed by atoms with Gasteiger partial charge in [-0.25, -0.2) is 19.6 Å². The Balaban J connectivity index is 0.000000537. The maximum atomic E-state index is 12.0. The smallest absolute Gasteiger partial charge is 0.410 e. The molecule has 60 heavy (non-hydrogen) atoms. The number of hydrogen-bond acceptors (Lipinski definition) is 10. The molecule has 0 aliphatic carbocycles. The molecule has 2 heterocycles. The first kappa shape index (κ1) is 53.8. The number of amides is 3. The Morgan fingerprint density at radius 2 is 0.850 bits per heavy atom. The molecule has 9 N–H and O–H groups in total. The molecule has 0 spiro atoms. The Kier molecular flexibility index (Phi) is 26.1. The van der Waals surface area contributed by atoms with Gasteiger partial charge in [-0.2, -0.15) is 0 Å². The Hall–Kier alpha value is -4.21. The second-order valence-corrected chi connectivity index (χ2v) is 14.3. The Labute approximate surface area is 388 Å². The number of benzene rings is 5. The molecule has 0 saturated carbocycles. The Morgan fingerprint density at radius 1 is 0.550 bits per heavy atom. The van der Waals surface area contributed by atoms with E-state index in [9.17, 15) is 13.8 Å². The van der Waals surface area contributed by atoms with Gasteiger partial charge < -0.3 is 29.7 Å². The zero-order valence-electron chi connectivity index (χ0n) is 32.2. The van der Waals surface area contributed by atoms with E-state index in [2.05, 4.69) is 122 Å². The van der Waals surface area contributed by atoms with E-state index >= 15 is 0 Å². The molecule has 2 aliphatic heterocycles. The van der Waals surface area contributed by atoms with Crippen LogP contribution in [0.4, 0.5) is 47.9 Å². The molecule has 13 nitrogen and oxygen atoms in total. The van der Waals surface area contributed by atoms with E-state index in [4.69, 9.17) is 10.6 Å². The number of anilines is 6. The van der Waals surface area contributed by atoms with Gasteiger partial charge in [-0.3, -0.25) is 22.4 Å². The number of nitrogens with two attached hydrogens (primary N) is 3. The third kappa shape index (κ3) is 17.0. The number of piperazine rings is 2. The van der Waals surface area contributed by atoms with Gasteiger partial charge in [0.25, 0.3) is 0 Å². The van der Waals surface area contributed by atoms with Gasteiger partial charge in [0.05, 0.1) is 9.55 Å². The van der Waals surface area contributed by atoms with Crippen LogP contribution >= 0.6 is 41.4 Å². The molecular weight excluding hydrogens is 1080 g/mol. The van der Waals surface area contributed by atoms with Crippen molar-refractivity contribution in [3.05, 3.63) is 136 Å². The number of carbonyl (C=O) groups is 2. The van der Waals surface area contributed by atoms with Crippen molar-refractivity contribution in [3.8, 4) is 5.75 Å². The normalized spacial score (nSPS) is 12.7. The minimum Gasteiger partial charge on any atom is -0.410 e. The summed E-state index contributed by atoms with van der Waals surface area (Å²) < 4.78 is 16.9. The fourth-order valence-corrected chi connectivity index (χ4v) is 6.70. The molecule has 2 saturated heterocycles. The predicted octanol–water partition coefficient (Wildman–Crippen LogP) is 7.98. The molecule has 0 bridgehead atoms. The maximum absolute atomic E-state index is 12.0. The topological polar surface area (TPSA) is 170 Å². The van der Waals surface area contributed by atoms with Crippen LogP contribution in [0.1, 0.15) is 7.43 Å². The number of nitrogens with zero attached hydrogens (tertiary/aromatic N) is 4. The molecule has 319 valence electrons. The van der Waals surface area contributed by atoms with Gasteiger partial charge in [-0.05, 0) is 109 Å². The Morgan fingerprint density at radius 3 is 1.17 bits per heavy atom. The fraction of sp³-hybridized carbons (Fsp3) is 0.220. The van der Waals surface area contributed by atoms with Gasteiger partial charge in [0, 0.05) is 125 Å². The summed E-state index contributed by atoms with van der Waals surface area (Å²) in [5.74, 6) is 13.6. The summed E-state index contributed by atoms with van der Waals surface area (Å²) in [7, 11) is 0.917. The van der Waals surface area contributed by atoms with Crippen molar-refractivity contribution in [2.45, 2.75) is 7.43 Å².